The number of hydrogen-bond acceptors (Lipinski definition) is 3. The quantitative estimate of drug-likeness (QED) is 0.886. The van der Waals surface area contributed by atoms with E-state index >= 15 is 0 Å². The van der Waals surface area contributed by atoms with Gasteiger partial charge in [-0.15, -0.1) is 0 Å². The third-order valence-electron chi connectivity index (χ3n) is 3.52. The molecule has 0 aliphatic carbocycles. The third kappa shape index (κ3) is 3.56. The number of rotatable bonds is 4. The van der Waals surface area contributed by atoms with Crippen molar-refractivity contribution in [1.82, 2.24) is 15.1 Å². The molecular formula is C14H25N3O. The maximum absolute atomic E-state index is 5.64. The summed E-state index contributed by atoms with van der Waals surface area (Å²) < 4.78 is 7.51. The molecule has 0 amide bonds. The minimum absolute atomic E-state index is 0.157. The molecule has 0 aromatic carbocycles. The Labute approximate surface area is 110 Å². The number of aromatic nitrogens is 2. The van der Waals surface area contributed by atoms with Gasteiger partial charge in [0.05, 0.1) is 12.8 Å². The lowest BCUT2D eigenvalue weighted by atomic mass is 9.81. The van der Waals surface area contributed by atoms with Crippen molar-refractivity contribution in [2.45, 2.75) is 39.2 Å². The highest BCUT2D eigenvalue weighted by Crippen LogP contribution is 2.32. The molecule has 102 valence electrons. The molecule has 1 fully saturated rings. The topological polar surface area (TPSA) is 39.1 Å². The van der Waals surface area contributed by atoms with Crippen molar-refractivity contribution in [2.75, 3.05) is 19.8 Å². The molecule has 1 aromatic rings. The largest absolute Gasteiger partial charge is 0.381 e. The Kier molecular flexibility index (Phi) is 3.78. The van der Waals surface area contributed by atoms with Crippen LogP contribution < -0.4 is 5.32 Å². The van der Waals surface area contributed by atoms with Crippen molar-refractivity contribution in [1.29, 1.82) is 0 Å². The van der Waals surface area contributed by atoms with E-state index in [4.69, 9.17) is 4.74 Å². The van der Waals surface area contributed by atoms with Crippen LogP contribution >= 0.6 is 0 Å². The van der Waals surface area contributed by atoms with Gasteiger partial charge in [0.15, 0.2) is 0 Å². The Bertz CT molecular complexity index is 386. The first-order chi connectivity index (χ1) is 8.39. The number of nitrogens with zero attached hydrogens (tertiary/aromatic N) is 2. The average molecular weight is 251 g/mol. The summed E-state index contributed by atoms with van der Waals surface area (Å²) in [5, 5.41) is 7.88. The zero-order chi connectivity index (χ0) is 13.2. The Morgan fingerprint density at radius 2 is 2.28 bits per heavy atom. The van der Waals surface area contributed by atoms with Gasteiger partial charge in [0.1, 0.15) is 0 Å². The first-order valence-corrected chi connectivity index (χ1v) is 6.69. The standard InChI is InChI=1S/C14H25N3O/c1-13(2,3)15-10-14(5-6-18-11-14)7-12-8-16-17(4)9-12/h8-9,15H,5-7,10-11H2,1-4H3. The molecule has 1 aliphatic rings. The smallest absolute Gasteiger partial charge is 0.0538 e. The maximum Gasteiger partial charge on any atom is 0.0538 e. The summed E-state index contributed by atoms with van der Waals surface area (Å²) in [6.07, 6.45) is 6.25. The van der Waals surface area contributed by atoms with E-state index in [1.165, 1.54) is 5.56 Å². The van der Waals surface area contributed by atoms with Gasteiger partial charge in [-0.1, -0.05) is 0 Å². The Balaban J connectivity index is 2.02. The van der Waals surface area contributed by atoms with Crippen LogP contribution in [0.15, 0.2) is 12.4 Å². The molecule has 4 heteroatoms. The predicted octanol–water partition coefficient (Wildman–Crippen LogP) is 1.76. The SMILES string of the molecule is Cn1cc(CC2(CNC(C)(C)C)CCOC2)cn1. The van der Waals surface area contributed by atoms with Crippen molar-refractivity contribution in [3.05, 3.63) is 18.0 Å². The monoisotopic (exact) mass is 251 g/mol. The van der Waals surface area contributed by atoms with Crippen molar-refractivity contribution in [2.24, 2.45) is 12.5 Å². The molecule has 1 aromatic heterocycles. The maximum atomic E-state index is 5.64. The summed E-state index contributed by atoms with van der Waals surface area (Å²) in [5.74, 6) is 0. The third-order valence-corrected chi connectivity index (χ3v) is 3.52. The van der Waals surface area contributed by atoms with E-state index in [-0.39, 0.29) is 11.0 Å². The van der Waals surface area contributed by atoms with Gasteiger partial charge >= 0.3 is 0 Å². The van der Waals surface area contributed by atoms with E-state index < -0.39 is 0 Å². The number of aryl methyl sites for hydroxylation is 1. The van der Waals surface area contributed by atoms with E-state index in [1.807, 2.05) is 17.9 Å². The summed E-state index contributed by atoms with van der Waals surface area (Å²) in [4.78, 5) is 0. The minimum atomic E-state index is 0.157. The molecule has 18 heavy (non-hydrogen) atoms. The Morgan fingerprint density at radius 1 is 1.50 bits per heavy atom. The highest BCUT2D eigenvalue weighted by atomic mass is 16.5. The van der Waals surface area contributed by atoms with Crippen LogP contribution in [0.1, 0.15) is 32.8 Å². The van der Waals surface area contributed by atoms with Crippen molar-refractivity contribution in [3.63, 3.8) is 0 Å². The molecule has 1 atom stereocenters. The van der Waals surface area contributed by atoms with E-state index in [9.17, 15) is 0 Å². The zero-order valence-corrected chi connectivity index (χ0v) is 12.0. The van der Waals surface area contributed by atoms with Gasteiger partial charge in [-0.3, -0.25) is 4.68 Å². The van der Waals surface area contributed by atoms with Crippen LogP contribution in [0.5, 0.6) is 0 Å². The van der Waals surface area contributed by atoms with Crippen LogP contribution in [0.25, 0.3) is 0 Å². The summed E-state index contributed by atoms with van der Waals surface area (Å²) in [6, 6.07) is 0. The van der Waals surface area contributed by atoms with Crippen LogP contribution in [-0.2, 0) is 18.2 Å². The van der Waals surface area contributed by atoms with Gasteiger partial charge in [-0.05, 0) is 39.2 Å². The van der Waals surface area contributed by atoms with Crippen LogP contribution in [0.4, 0.5) is 0 Å². The van der Waals surface area contributed by atoms with Gasteiger partial charge in [0, 0.05) is 37.4 Å². The lowest BCUT2D eigenvalue weighted by Gasteiger charge is -2.32. The van der Waals surface area contributed by atoms with Gasteiger partial charge < -0.3 is 10.1 Å². The fraction of sp³-hybridized carbons (Fsp3) is 0.786. The molecule has 4 nitrogen and oxygen atoms in total. The average Bonchev–Trinajstić information content (AvgIpc) is 2.86. The lowest BCUT2D eigenvalue weighted by Crippen LogP contribution is -2.45. The summed E-state index contributed by atoms with van der Waals surface area (Å²) >= 11 is 0. The highest BCUT2D eigenvalue weighted by molar-refractivity contribution is 5.09. The molecule has 0 spiro atoms. The second kappa shape index (κ2) is 5.02. The van der Waals surface area contributed by atoms with Crippen molar-refractivity contribution in [3.8, 4) is 0 Å². The molecule has 1 saturated heterocycles. The molecule has 1 N–H and O–H groups in total. The second-order valence-electron chi connectivity index (χ2n) is 6.61. The highest BCUT2D eigenvalue weighted by Gasteiger charge is 2.36. The predicted molar refractivity (Wildman–Crippen MR) is 72.5 cm³/mol. The number of nitrogens with one attached hydrogen (secondary N) is 1. The molecule has 0 radical (unpaired) electrons. The molecule has 1 aliphatic heterocycles. The fourth-order valence-corrected chi connectivity index (χ4v) is 2.44. The molecular weight excluding hydrogens is 226 g/mol. The first-order valence-electron chi connectivity index (χ1n) is 6.69. The van der Waals surface area contributed by atoms with E-state index in [2.05, 4.69) is 37.4 Å². The molecule has 2 rings (SSSR count). The van der Waals surface area contributed by atoms with Crippen LogP contribution in [-0.4, -0.2) is 35.1 Å². The van der Waals surface area contributed by atoms with Gasteiger partial charge in [0.2, 0.25) is 0 Å². The molecule has 0 bridgehead atoms. The van der Waals surface area contributed by atoms with Gasteiger partial charge in [-0.2, -0.15) is 5.10 Å². The van der Waals surface area contributed by atoms with Gasteiger partial charge in [-0.25, -0.2) is 0 Å². The van der Waals surface area contributed by atoms with Gasteiger partial charge in [0.25, 0.3) is 0 Å². The Hall–Kier alpha value is -0.870. The lowest BCUT2D eigenvalue weighted by molar-refractivity contribution is 0.144. The van der Waals surface area contributed by atoms with E-state index in [0.29, 0.717) is 0 Å². The minimum Gasteiger partial charge on any atom is -0.381 e. The van der Waals surface area contributed by atoms with E-state index in [1.54, 1.807) is 0 Å². The van der Waals surface area contributed by atoms with Crippen molar-refractivity contribution < 1.29 is 4.74 Å². The normalized spacial score (nSPS) is 24.7. The first kappa shape index (κ1) is 13.6. The molecule has 2 heterocycles. The summed E-state index contributed by atoms with van der Waals surface area (Å²) in [6.45, 7) is 9.37. The summed E-state index contributed by atoms with van der Waals surface area (Å²) in [5.41, 5.74) is 1.69. The molecule has 1 unspecified atom stereocenters. The van der Waals surface area contributed by atoms with Crippen LogP contribution in [0, 0.1) is 5.41 Å². The second-order valence-corrected chi connectivity index (χ2v) is 6.61. The molecule has 0 saturated carbocycles. The fourth-order valence-electron chi connectivity index (χ4n) is 2.44. The van der Waals surface area contributed by atoms with E-state index in [0.717, 1.165) is 32.6 Å². The summed E-state index contributed by atoms with van der Waals surface area (Å²) in [7, 11) is 1.97. The van der Waals surface area contributed by atoms with Crippen LogP contribution in [0.2, 0.25) is 0 Å². The zero-order valence-electron chi connectivity index (χ0n) is 12.0. The number of ether oxygens (including phenoxy) is 1. The van der Waals surface area contributed by atoms with Crippen molar-refractivity contribution >= 4 is 0 Å². The van der Waals surface area contributed by atoms with Crippen LogP contribution in [0.3, 0.4) is 0 Å². The number of hydrogen-bond donors (Lipinski definition) is 1. The Morgan fingerprint density at radius 3 is 2.78 bits per heavy atom.